The Morgan fingerprint density at radius 2 is 2.22 bits per heavy atom. The Hall–Kier alpha value is -1.63. The summed E-state index contributed by atoms with van der Waals surface area (Å²) in [6, 6.07) is 7.76. The molecule has 1 atom stereocenters. The lowest BCUT2D eigenvalue weighted by Gasteiger charge is -2.15. The highest BCUT2D eigenvalue weighted by Crippen LogP contribution is 2.29. The number of hydrogen-bond donors (Lipinski definition) is 2. The standard InChI is InChI=1S/C16H20N4OS.ClH/c1-20(2)12-5-3-4-10(8-12)15(21)19-16-18-13-7-6-11(17)9-14(13)22-16;/h3-5,8,11H,6-7,9,17H2,1-2H3,(H,18,19,21);1H/t11-;/m0./s1. The predicted octanol–water partition coefficient (Wildman–Crippen LogP) is 2.70. The van der Waals surface area contributed by atoms with Crippen molar-refractivity contribution in [2.45, 2.75) is 25.3 Å². The van der Waals surface area contributed by atoms with Crippen molar-refractivity contribution in [3.8, 4) is 0 Å². The number of nitrogens with one attached hydrogen (secondary N) is 1. The minimum atomic E-state index is -0.126. The second-order valence-corrected chi connectivity index (χ2v) is 6.87. The quantitative estimate of drug-likeness (QED) is 0.891. The molecule has 1 aromatic carbocycles. The van der Waals surface area contributed by atoms with Gasteiger partial charge in [0.2, 0.25) is 0 Å². The number of carbonyl (C=O) groups is 1. The topological polar surface area (TPSA) is 71.2 Å². The highest BCUT2D eigenvalue weighted by atomic mass is 35.5. The smallest absolute Gasteiger partial charge is 0.257 e. The van der Waals surface area contributed by atoms with Crippen LogP contribution in [0.25, 0.3) is 0 Å². The molecule has 0 saturated carbocycles. The van der Waals surface area contributed by atoms with Crippen LogP contribution < -0.4 is 16.0 Å². The van der Waals surface area contributed by atoms with Crippen molar-refractivity contribution in [2.24, 2.45) is 5.73 Å². The van der Waals surface area contributed by atoms with Crippen LogP contribution in [0.3, 0.4) is 0 Å². The molecule has 0 unspecified atom stereocenters. The van der Waals surface area contributed by atoms with E-state index in [1.807, 2.05) is 43.3 Å². The largest absolute Gasteiger partial charge is 0.378 e. The third-order valence-corrected chi connectivity index (χ3v) is 4.86. The predicted molar refractivity (Wildman–Crippen MR) is 98.1 cm³/mol. The second-order valence-electron chi connectivity index (χ2n) is 5.79. The number of nitrogens with two attached hydrogens (primary N) is 1. The molecule has 1 aliphatic rings. The molecule has 3 rings (SSSR count). The molecule has 1 aromatic heterocycles. The fourth-order valence-electron chi connectivity index (χ4n) is 2.55. The number of aromatic nitrogens is 1. The first-order valence-electron chi connectivity index (χ1n) is 7.36. The molecule has 0 radical (unpaired) electrons. The molecule has 124 valence electrons. The van der Waals surface area contributed by atoms with Gasteiger partial charge in [-0.25, -0.2) is 4.98 Å². The van der Waals surface area contributed by atoms with E-state index in [-0.39, 0.29) is 24.4 Å². The summed E-state index contributed by atoms with van der Waals surface area (Å²) in [7, 11) is 3.91. The second kappa shape index (κ2) is 7.29. The molecular weight excluding hydrogens is 332 g/mol. The van der Waals surface area contributed by atoms with Crippen molar-refractivity contribution < 1.29 is 4.79 Å². The number of hydrogen-bond acceptors (Lipinski definition) is 5. The average Bonchev–Trinajstić information content (AvgIpc) is 2.88. The summed E-state index contributed by atoms with van der Waals surface area (Å²) in [4.78, 5) is 20.1. The molecule has 1 heterocycles. The molecule has 23 heavy (non-hydrogen) atoms. The molecule has 1 aliphatic carbocycles. The van der Waals surface area contributed by atoms with Crippen molar-refractivity contribution in [3.05, 3.63) is 40.4 Å². The SMILES string of the molecule is CN(C)c1cccc(C(=O)Nc2nc3c(s2)C[C@@H](N)CC3)c1.Cl. The molecule has 5 nitrogen and oxygen atoms in total. The zero-order valence-electron chi connectivity index (χ0n) is 13.2. The van der Waals surface area contributed by atoms with Gasteiger partial charge in [-0.1, -0.05) is 6.07 Å². The van der Waals surface area contributed by atoms with Crippen molar-refractivity contribution in [1.82, 2.24) is 4.98 Å². The van der Waals surface area contributed by atoms with Gasteiger partial charge in [0, 0.05) is 36.3 Å². The molecule has 3 N–H and O–H groups in total. The maximum atomic E-state index is 12.4. The molecule has 0 spiro atoms. The molecular formula is C16H21ClN4OS. The first-order valence-corrected chi connectivity index (χ1v) is 8.17. The van der Waals surface area contributed by atoms with E-state index in [4.69, 9.17) is 5.73 Å². The summed E-state index contributed by atoms with van der Waals surface area (Å²) in [6.07, 6.45) is 2.73. The fourth-order valence-corrected chi connectivity index (χ4v) is 3.64. The van der Waals surface area contributed by atoms with Crippen molar-refractivity contribution in [1.29, 1.82) is 0 Å². The fraction of sp³-hybridized carbons (Fsp3) is 0.375. The summed E-state index contributed by atoms with van der Waals surface area (Å²) >= 11 is 1.54. The van der Waals surface area contributed by atoms with Crippen LogP contribution in [-0.2, 0) is 12.8 Å². The van der Waals surface area contributed by atoms with Crippen molar-refractivity contribution >= 4 is 40.5 Å². The van der Waals surface area contributed by atoms with E-state index >= 15 is 0 Å². The van der Waals surface area contributed by atoms with Gasteiger partial charge in [0.15, 0.2) is 5.13 Å². The van der Waals surface area contributed by atoms with E-state index in [0.717, 1.165) is 30.6 Å². The average molecular weight is 353 g/mol. The number of rotatable bonds is 3. The number of thiazole rings is 1. The van der Waals surface area contributed by atoms with E-state index in [1.165, 1.54) is 16.2 Å². The molecule has 0 fully saturated rings. The first kappa shape index (κ1) is 17.7. The van der Waals surface area contributed by atoms with E-state index in [0.29, 0.717) is 10.7 Å². The van der Waals surface area contributed by atoms with Gasteiger partial charge in [0.05, 0.1) is 5.69 Å². The van der Waals surface area contributed by atoms with Crippen LogP contribution in [0.4, 0.5) is 10.8 Å². The summed E-state index contributed by atoms with van der Waals surface area (Å²) in [5, 5.41) is 3.57. The first-order chi connectivity index (χ1) is 10.5. The zero-order chi connectivity index (χ0) is 15.7. The van der Waals surface area contributed by atoms with E-state index in [9.17, 15) is 4.79 Å². The lowest BCUT2D eigenvalue weighted by atomic mass is 9.99. The van der Waals surface area contributed by atoms with Gasteiger partial charge in [-0.2, -0.15) is 0 Å². The van der Waals surface area contributed by atoms with Gasteiger partial charge in [0.25, 0.3) is 5.91 Å². The summed E-state index contributed by atoms with van der Waals surface area (Å²) < 4.78 is 0. The van der Waals surface area contributed by atoms with Crippen LogP contribution >= 0.6 is 23.7 Å². The minimum absolute atomic E-state index is 0. The number of anilines is 2. The van der Waals surface area contributed by atoms with Crippen LogP contribution in [0.5, 0.6) is 0 Å². The Bertz CT molecular complexity index is 701. The molecule has 2 aromatic rings. The minimum Gasteiger partial charge on any atom is -0.378 e. The number of aryl methyl sites for hydroxylation is 1. The maximum Gasteiger partial charge on any atom is 0.257 e. The lowest BCUT2D eigenvalue weighted by Crippen LogP contribution is -2.27. The Kier molecular flexibility index (Phi) is 5.62. The summed E-state index contributed by atoms with van der Waals surface area (Å²) in [5.41, 5.74) is 8.70. The molecule has 0 aliphatic heterocycles. The zero-order valence-corrected chi connectivity index (χ0v) is 14.8. The summed E-state index contributed by atoms with van der Waals surface area (Å²) in [5.74, 6) is -0.126. The molecule has 0 saturated heterocycles. The van der Waals surface area contributed by atoms with E-state index in [1.54, 1.807) is 0 Å². The number of carbonyl (C=O) groups excluding carboxylic acids is 1. The lowest BCUT2D eigenvalue weighted by molar-refractivity contribution is 0.102. The number of halogens is 1. The third kappa shape index (κ3) is 4.02. The van der Waals surface area contributed by atoms with Crippen LogP contribution in [0.1, 0.15) is 27.3 Å². The Labute approximate surface area is 146 Å². The van der Waals surface area contributed by atoms with E-state index in [2.05, 4.69) is 10.3 Å². The van der Waals surface area contributed by atoms with Crippen molar-refractivity contribution in [3.63, 3.8) is 0 Å². The Morgan fingerprint density at radius 3 is 2.96 bits per heavy atom. The van der Waals surface area contributed by atoms with Gasteiger partial charge in [-0.3, -0.25) is 10.1 Å². The van der Waals surface area contributed by atoms with Gasteiger partial charge in [-0.15, -0.1) is 23.7 Å². The molecule has 7 heteroatoms. The Morgan fingerprint density at radius 1 is 1.43 bits per heavy atom. The number of amides is 1. The number of nitrogens with zero attached hydrogens (tertiary/aromatic N) is 2. The summed E-state index contributed by atoms with van der Waals surface area (Å²) in [6.45, 7) is 0. The third-order valence-electron chi connectivity index (χ3n) is 3.82. The highest BCUT2D eigenvalue weighted by molar-refractivity contribution is 7.15. The van der Waals surface area contributed by atoms with Gasteiger partial charge < -0.3 is 10.6 Å². The monoisotopic (exact) mass is 352 g/mol. The maximum absolute atomic E-state index is 12.4. The number of fused-ring (bicyclic) bond motifs is 1. The Balaban J connectivity index is 0.00000192. The van der Waals surface area contributed by atoms with Crippen LogP contribution in [0.2, 0.25) is 0 Å². The van der Waals surface area contributed by atoms with Crippen LogP contribution in [0.15, 0.2) is 24.3 Å². The van der Waals surface area contributed by atoms with Gasteiger partial charge >= 0.3 is 0 Å². The van der Waals surface area contributed by atoms with Crippen molar-refractivity contribution in [2.75, 3.05) is 24.3 Å². The molecule has 1 amide bonds. The normalized spacial score (nSPS) is 16.2. The van der Waals surface area contributed by atoms with Gasteiger partial charge in [-0.05, 0) is 37.5 Å². The highest BCUT2D eigenvalue weighted by Gasteiger charge is 2.21. The molecule has 0 bridgehead atoms. The van der Waals surface area contributed by atoms with E-state index < -0.39 is 0 Å². The number of benzene rings is 1. The van der Waals surface area contributed by atoms with Gasteiger partial charge in [0.1, 0.15) is 0 Å². The van der Waals surface area contributed by atoms with Crippen LogP contribution in [0, 0.1) is 0 Å². The van der Waals surface area contributed by atoms with Crippen LogP contribution in [-0.4, -0.2) is 31.0 Å².